The molecule has 0 aliphatic heterocycles. The lowest BCUT2D eigenvalue weighted by molar-refractivity contribution is 0.286. The molecular formula is C14H13N3O. The quantitative estimate of drug-likeness (QED) is 0.751. The van der Waals surface area contributed by atoms with Gasteiger partial charge < -0.3 is 4.74 Å². The summed E-state index contributed by atoms with van der Waals surface area (Å²) in [6.07, 6.45) is 3.38. The van der Waals surface area contributed by atoms with Crippen LogP contribution in [0.4, 0.5) is 0 Å². The highest BCUT2D eigenvalue weighted by Crippen LogP contribution is 2.05. The summed E-state index contributed by atoms with van der Waals surface area (Å²) >= 11 is 0. The van der Waals surface area contributed by atoms with Crippen LogP contribution in [0.5, 0.6) is 6.01 Å². The van der Waals surface area contributed by atoms with Crippen molar-refractivity contribution >= 4 is 0 Å². The maximum atomic E-state index is 8.69. The summed E-state index contributed by atoms with van der Waals surface area (Å²) in [5, 5.41) is 8.69. The number of nitrogens with zero attached hydrogens (tertiary/aromatic N) is 3. The van der Waals surface area contributed by atoms with Crippen LogP contribution in [0.3, 0.4) is 0 Å². The van der Waals surface area contributed by atoms with Crippen LogP contribution in [0.15, 0.2) is 42.6 Å². The zero-order chi connectivity index (χ0) is 12.6. The van der Waals surface area contributed by atoms with Crippen LogP contribution in [0.1, 0.15) is 17.7 Å². The highest BCUT2D eigenvalue weighted by atomic mass is 16.5. The zero-order valence-electron chi connectivity index (χ0n) is 9.91. The van der Waals surface area contributed by atoms with Crippen molar-refractivity contribution < 1.29 is 4.74 Å². The first kappa shape index (κ1) is 12.1. The van der Waals surface area contributed by atoms with Crippen LogP contribution in [0.25, 0.3) is 0 Å². The third kappa shape index (κ3) is 3.56. The fourth-order valence-corrected chi connectivity index (χ4v) is 1.56. The maximum absolute atomic E-state index is 8.69. The lowest BCUT2D eigenvalue weighted by atomic mass is 10.1. The third-order valence-electron chi connectivity index (χ3n) is 2.43. The molecule has 0 unspecified atom stereocenters. The lowest BCUT2D eigenvalue weighted by Crippen LogP contribution is -2.03. The van der Waals surface area contributed by atoms with Gasteiger partial charge in [-0.05, 0) is 24.5 Å². The van der Waals surface area contributed by atoms with Crippen LogP contribution >= 0.6 is 0 Å². The summed E-state index contributed by atoms with van der Waals surface area (Å²) in [7, 11) is 0. The van der Waals surface area contributed by atoms with Crippen molar-refractivity contribution in [2.24, 2.45) is 0 Å². The van der Waals surface area contributed by atoms with E-state index in [0.29, 0.717) is 12.3 Å². The summed E-state index contributed by atoms with van der Waals surface area (Å²) in [5.74, 6) is 0. The van der Waals surface area contributed by atoms with Crippen molar-refractivity contribution in [1.82, 2.24) is 9.97 Å². The Morgan fingerprint density at radius 3 is 2.78 bits per heavy atom. The molecule has 0 bridgehead atoms. The molecule has 0 spiro atoms. The Labute approximate surface area is 106 Å². The van der Waals surface area contributed by atoms with Crippen molar-refractivity contribution in [3.63, 3.8) is 0 Å². The standard InChI is InChI=1S/C14H13N3O/c15-11-13-8-9-16-14(17-13)18-10-4-7-12-5-2-1-3-6-12/h1-3,5-6,8-9H,4,7,10H2. The largest absolute Gasteiger partial charge is 0.463 e. The van der Waals surface area contributed by atoms with Crippen LogP contribution in [0.2, 0.25) is 0 Å². The number of hydrogen-bond acceptors (Lipinski definition) is 4. The highest BCUT2D eigenvalue weighted by molar-refractivity contribution is 5.19. The van der Waals surface area contributed by atoms with E-state index in [4.69, 9.17) is 10.00 Å². The Kier molecular flexibility index (Phi) is 4.26. The minimum absolute atomic E-state index is 0.266. The third-order valence-corrected chi connectivity index (χ3v) is 2.43. The van der Waals surface area contributed by atoms with E-state index >= 15 is 0 Å². The van der Waals surface area contributed by atoms with E-state index in [-0.39, 0.29) is 6.01 Å². The van der Waals surface area contributed by atoms with Crippen molar-refractivity contribution in [3.05, 3.63) is 53.9 Å². The van der Waals surface area contributed by atoms with E-state index in [1.807, 2.05) is 24.3 Å². The molecule has 0 fully saturated rings. The van der Waals surface area contributed by atoms with Gasteiger partial charge >= 0.3 is 6.01 Å². The van der Waals surface area contributed by atoms with E-state index in [0.717, 1.165) is 12.8 Å². The molecule has 2 aromatic rings. The first-order chi connectivity index (χ1) is 8.88. The first-order valence-electron chi connectivity index (χ1n) is 5.78. The van der Waals surface area contributed by atoms with Gasteiger partial charge in [0.15, 0.2) is 0 Å². The van der Waals surface area contributed by atoms with E-state index in [9.17, 15) is 0 Å². The van der Waals surface area contributed by atoms with Crippen LogP contribution < -0.4 is 4.74 Å². The summed E-state index contributed by atoms with van der Waals surface area (Å²) in [6, 6.07) is 14.0. The molecule has 2 rings (SSSR count). The second kappa shape index (κ2) is 6.36. The van der Waals surface area contributed by atoms with E-state index in [1.165, 1.54) is 11.8 Å². The predicted molar refractivity (Wildman–Crippen MR) is 67.0 cm³/mol. The normalized spacial score (nSPS) is 9.72. The molecule has 0 saturated heterocycles. The molecule has 0 atom stereocenters. The average Bonchev–Trinajstić information content (AvgIpc) is 2.45. The van der Waals surface area contributed by atoms with Gasteiger partial charge in [-0.2, -0.15) is 10.2 Å². The molecule has 0 N–H and O–H groups in total. The first-order valence-corrected chi connectivity index (χ1v) is 5.78. The predicted octanol–water partition coefficient (Wildman–Crippen LogP) is 2.36. The minimum Gasteiger partial charge on any atom is -0.463 e. The second-order valence-corrected chi connectivity index (χ2v) is 3.77. The summed E-state index contributed by atoms with van der Waals surface area (Å²) in [5.41, 5.74) is 1.61. The molecule has 90 valence electrons. The Hall–Kier alpha value is -2.41. The fourth-order valence-electron chi connectivity index (χ4n) is 1.56. The number of ether oxygens (including phenoxy) is 1. The van der Waals surface area contributed by atoms with Crippen LogP contribution in [0, 0.1) is 11.3 Å². The Morgan fingerprint density at radius 2 is 2.00 bits per heavy atom. The zero-order valence-corrected chi connectivity index (χ0v) is 9.91. The van der Waals surface area contributed by atoms with E-state index in [1.54, 1.807) is 6.07 Å². The highest BCUT2D eigenvalue weighted by Gasteiger charge is 1.99. The molecule has 0 saturated carbocycles. The van der Waals surface area contributed by atoms with Gasteiger partial charge in [-0.1, -0.05) is 30.3 Å². The fraction of sp³-hybridized carbons (Fsp3) is 0.214. The van der Waals surface area contributed by atoms with Gasteiger partial charge in [-0.15, -0.1) is 0 Å². The van der Waals surface area contributed by atoms with Crippen molar-refractivity contribution in [3.8, 4) is 12.1 Å². The molecular weight excluding hydrogens is 226 g/mol. The monoisotopic (exact) mass is 239 g/mol. The van der Waals surface area contributed by atoms with Gasteiger partial charge in [0.2, 0.25) is 0 Å². The number of nitriles is 1. The van der Waals surface area contributed by atoms with Gasteiger partial charge in [-0.3, -0.25) is 0 Å². The Morgan fingerprint density at radius 1 is 1.17 bits per heavy atom. The van der Waals surface area contributed by atoms with Crippen molar-refractivity contribution in [2.75, 3.05) is 6.61 Å². The van der Waals surface area contributed by atoms with Gasteiger partial charge in [-0.25, -0.2) is 4.98 Å². The molecule has 4 heteroatoms. The average molecular weight is 239 g/mol. The molecule has 0 aliphatic rings. The lowest BCUT2D eigenvalue weighted by Gasteiger charge is -2.04. The number of rotatable bonds is 5. The molecule has 0 aliphatic carbocycles. The number of aryl methyl sites for hydroxylation is 1. The molecule has 0 radical (unpaired) electrons. The van der Waals surface area contributed by atoms with Gasteiger partial charge in [0.05, 0.1) is 6.61 Å². The van der Waals surface area contributed by atoms with Crippen LogP contribution in [-0.4, -0.2) is 16.6 Å². The van der Waals surface area contributed by atoms with Gasteiger partial charge in [0.25, 0.3) is 0 Å². The maximum Gasteiger partial charge on any atom is 0.317 e. The van der Waals surface area contributed by atoms with Gasteiger partial charge in [0.1, 0.15) is 11.8 Å². The van der Waals surface area contributed by atoms with Crippen molar-refractivity contribution in [2.45, 2.75) is 12.8 Å². The number of benzene rings is 1. The smallest absolute Gasteiger partial charge is 0.317 e. The molecule has 1 aromatic carbocycles. The SMILES string of the molecule is N#Cc1ccnc(OCCCc2ccccc2)n1. The van der Waals surface area contributed by atoms with Crippen molar-refractivity contribution in [1.29, 1.82) is 5.26 Å². The number of hydrogen-bond donors (Lipinski definition) is 0. The molecule has 18 heavy (non-hydrogen) atoms. The van der Waals surface area contributed by atoms with Crippen LogP contribution in [-0.2, 0) is 6.42 Å². The summed E-state index contributed by atoms with van der Waals surface area (Å²) < 4.78 is 5.40. The minimum atomic E-state index is 0.266. The van der Waals surface area contributed by atoms with E-state index in [2.05, 4.69) is 22.1 Å². The Bertz CT molecular complexity index is 534. The molecule has 1 heterocycles. The summed E-state index contributed by atoms with van der Waals surface area (Å²) in [6.45, 7) is 0.545. The van der Waals surface area contributed by atoms with E-state index < -0.39 is 0 Å². The molecule has 0 amide bonds. The topological polar surface area (TPSA) is 58.8 Å². The second-order valence-electron chi connectivity index (χ2n) is 3.77. The molecule has 4 nitrogen and oxygen atoms in total. The Balaban J connectivity index is 1.77. The van der Waals surface area contributed by atoms with Gasteiger partial charge in [0, 0.05) is 6.20 Å². The number of aromatic nitrogens is 2. The summed E-state index contributed by atoms with van der Waals surface area (Å²) in [4.78, 5) is 7.89. The molecule has 1 aromatic heterocycles.